The molecule has 0 spiro atoms. The zero-order chi connectivity index (χ0) is 14.5. The summed E-state index contributed by atoms with van der Waals surface area (Å²) in [6, 6.07) is 12.0. The van der Waals surface area contributed by atoms with Crippen LogP contribution in [0.3, 0.4) is 0 Å². The summed E-state index contributed by atoms with van der Waals surface area (Å²) in [5, 5.41) is 3.31. The molecule has 0 aliphatic carbocycles. The molecule has 1 aromatic carbocycles. The van der Waals surface area contributed by atoms with Gasteiger partial charge in [0.05, 0.1) is 0 Å². The molecule has 0 radical (unpaired) electrons. The van der Waals surface area contributed by atoms with Gasteiger partial charge in [-0.2, -0.15) is 0 Å². The normalized spacial score (nSPS) is 10.3. The molecule has 0 unspecified atom stereocenters. The fraction of sp³-hybridized carbons (Fsp3) is 0.294. The fourth-order valence-electron chi connectivity index (χ4n) is 2.24. The Kier molecular flexibility index (Phi) is 4.51. The molecule has 0 saturated carbocycles. The van der Waals surface area contributed by atoms with Crippen LogP contribution in [0, 0.1) is 0 Å². The van der Waals surface area contributed by atoms with Crippen molar-refractivity contribution >= 4 is 17.3 Å². The van der Waals surface area contributed by atoms with Gasteiger partial charge in [-0.3, -0.25) is 4.79 Å². The van der Waals surface area contributed by atoms with E-state index < -0.39 is 0 Å². The number of aromatic nitrogens is 1. The number of carbonyl (C=O) groups is 1. The standard InChI is InChI=1S/C17H20N2O/c1-4-13-8-6-7-9-15(13)18-16-11-10-14(5-2)17(19-16)12(3)20/h6-11H,4-5H2,1-3H3,(H,18,19). The van der Waals surface area contributed by atoms with Crippen molar-refractivity contribution in [2.45, 2.75) is 33.6 Å². The van der Waals surface area contributed by atoms with Crippen LogP contribution in [0.1, 0.15) is 42.4 Å². The van der Waals surface area contributed by atoms with E-state index in [-0.39, 0.29) is 5.78 Å². The van der Waals surface area contributed by atoms with Crippen LogP contribution in [0.15, 0.2) is 36.4 Å². The maximum absolute atomic E-state index is 11.7. The molecule has 0 bridgehead atoms. The van der Waals surface area contributed by atoms with Gasteiger partial charge in [0, 0.05) is 12.6 Å². The lowest BCUT2D eigenvalue weighted by Crippen LogP contribution is -2.06. The first-order valence-corrected chi connectivity index (χ1v) is 7.01. The molecule has 0 aliphatic rings. The van der Waals surface area contributed by atoms with Crippen molar-refractivity contribution in [3.63, 3.8) is 0 Å². The quantitative estimate of drug-likeness (QED) is 0.828. The summed E-state index contributed by atoms with van der Waals surface area (Å²) in [6.45, 7) is 5.71. The number of carbonyl (C=O) groups excluding carboxylic acids is 1. The average Bonchev–Trinajstić information content (AvgIpc) is 2.47. The maximum Gasteiger partial charge on any atom is 0.178 e. The molecule has 3 nitrogen and oxygen atoms in total. The van der Waals surface area contributed by atoms with Crippen LogP contribution >= 0.6 is 0 Å². The number of ketones is 1. The number of hydrogen-bond donors (Lipinski definition) is 1. The van der Waals surface area contributed by atoms with Gasteiger partial charge in [0.1, 0.15) is 11.5 Å². The maximum atomic E-state index is 11.7. The van der Waals surface area contributed by atoms with E-state index in [9.17, 15) is 4.79 Å². The van der Waals surface area contributed by atoms with Crippen molar-refractivity contribution < 1.29 is 4.79 Å². The molecule has 1 aromatic heterocycles. The minimum atomic E-state index is 0.00859. The zero-order valence-corrected chi connectivity index (χ0v) is 12.2. The van der Waals surface area contributed by atoms with Gasteiger partial charge in [-0.25, -0.2) is 4.98 Å². The summed E-state index contributed by atoms with van der Waals surface area (Å²) in [5.74, 6) is 0.725. The molecule has 3 heteroatoms. The van der Waals surface area contributed by atoms with Gasteiger partial charge in [-0.1, -0.05) is 38.1 Å². The Morgan fingerprint density at radius 1 is 1.05 bits per heavy atom. The van der Waals surface area contributed by atoms with Gasteiger partial charge in [0.15, 0.2) is 5.78 Å². The van der Waals surface area contributed by atoms with Crippen LogP contribution in [0.2, 0.25) is 0 Å². The number of aryl methyl sites for hydroxylation is 2. The Hall–Kier alpha value is -2.16. The molecule has 1 N–H and O–H groups in total. The summed E-state index contributed by atoms with van der Waals surface area (Å²) >= 11 is 0. The summed E-state index contributed by atoms with van der Waals surface area (Å²) < 4.78 is 0. The summed E-state index contributed by atoms with van der Waals surface area (Å²) in [5.41, 5.74) is 3.83. The second-order valence-corrected chi connectivity index (χ2v) is 4.75. The highest BCUT2D eigenvalue weighted by atomic mass is 16.1. The van der Waals surface area contributed by atoms with Crippen LogP contribution < -0.4 is 5.32 Å². The van der Waals surface area contributed by atoms with Crippen LogP contribution in [0.5, 0.6) is 0 Å². The molecule has 0 saturated heterocycles. The van der Waals surface area contributed by atoms with Gasteiger partial charge < -0.3 is 5.32 Å². The molecule has 0 amide bonds. The van der Waals surface area contributed by atoms with Crippen LogP contribution in [-0.4, -0.2) is 10.8 Å². The molecule has 0 fully saturated rings. The molecular weight excluding hydrogens is 248 g/mol. The molecule has 0 aliphatic heterocycles. The Morgan fingerprint density at radius 2 is 1.75 bits per heavy atom. The lowest BCUT2D eigenvalue weighted by Gasteiger charge is -2.12. The minimum absolute atomic E-state index is 0.00859. The summed E-state index contributed by atoms with van der Waals surface area (Å²) in [7, 11) is 0. The van der Waals surface area contributed by atoms with Gasteiger partial charge in [0.25, 0.3) is 0 Å². The van der Waals surface area contributed by atoms with Crippen molar-refractivity contribution in [2.24, 2.45) is 0 Å². The molecule has 104 valence electrons. The second-order valence-electron chi connectivity index (χ2n) is 4.75. The van der Waals surface area contributed by atoms with E-state index in [2.05, 4.69) is 23.3 Å². The predicted octanol–water partition coefficient (Wildman–Crippen LogP) is 4.15. The Morgan fingerprint density at radius 3 is 2.40 bits per heavy atom. The topological polar surface area (TPSA) is 42.0 Å². The SMILES string of the molecule is CCc1ccccc1Nc1ccc(CC)c(C(C)=O)n1. The summed E-state index contributed by atoms with van der Waals surface area (Å²) in [4.78, 5) is 16.1. The predicted molar refractivity (Wildman–Crippen MR) is 82.7 cm³/mol. The van der Waals surface area contributed by atoms with Crippen LogP contribution in [-0.2, 0) is 12.8 Å². The molecular formula is C17H20N2O. The smallest absolute Gasteiger partial charge is 0.178 e. The first-order valence-electron chi connectivity index (χ1n) is 7.01. The largest absolute Gasteiger partial charge is 0.340 e. The van der Waals surface area contributed by atoms with Gasteiger partial charge >= 0.3 is 0 Å². The highest BCUT2D eigenvalue weighted by molar-refractivity contribution is 5.94. The monoisotopic (exact) mass is 268 g/mol. The third-order valence-corrected chi connectivity index (χ3v) is 3.35. The first kappa shape index (κ1) is 14.3. The number of anilines is 2. The van der Waals surface area contributed by atoms with Gasteiger partial charge in [0.2, 0.25) is 0 Å². The highest BCUT2D eigenvalue weighted by Crippen LogP contribution is 2.21. The van der Waals surface area contributed by atoms with Crippen LogP contribution in [0.25, 0.3) is 0 Å². The lowest BCUT2D eigenvalue weighted by molar-refractivity contribution is 0.101. The number of Topliss-reactive ketones (excluding diaryl/α,β-unsaturated/α-hetero) is 1. The third-order valence-electron chi connectivity index (χ3n) is 3.35. The van der Waals surface area contributed by atoms with E-state index in [1.807, 2.05) is 37.3 Å². The van der Waals surface area contributed by atoms with Crippen molar-refractivity contribution in [1.29, 1.82) is 0 Å². The van der Waals surface area contributed by atoms with Crippen LogP contribution in [0.4, 0.5) is 11.5 Å². The summed E-state index contributed by atoms with van der Waals surface area (Å²) in [6.07, 6.45) is 1.77. The lowest BCUT2D eigenvalue weighted by atomic mass is 10.1. The highest BCUT2D eigenvalue weighted by Gasteiger charge is 2.09. The second kappa shape index (κ2) is 6.33. The van der Waals surface area contributed by atoms with Gasteiger partial charge in [-0.15, -0.1) is 0 Å². The Bertz CT molecular complexity index is 620. The molecule has 20 heavy (non-hydrogen) atoms. The average molecular weight is 268 g/mol. The van der Waals surface area contributed by atoms with Crippen molar-refractivity contribution in [2.75, 3.05) is 5.32 Å². The van der Waals surface area contributed by atoms with E-state index in [1.54, 1.807) is 6.92 Å². The molecule has 2 aromatic rings. The van der Waals surface area contributed by atoms with E-state index in [0.29, 0.717) is 11.5 Å². The number of nitrogens with zero attached hydrogens (tertiary/aromatic N) is 1. The number of hydrogen-bond acceptors (Lipinski definition) is 3. The van der Waals surface area contributed by atoms with Gasteiger partial charge in [-0.05, 0) is 36.1 Å². The third kappa shape index (κ3) is 3.05. The fourth-order valence-corrected chi connectivity index (χ4v) is 2.24. The minimum Gasteiger partial charge on any atom is -0.340 e. The molecule has 0 atom stereocenters. The Labute approximate surface area is 120 Å². The van der Waals surface area contributed by atoms with Crippen molar-refractivity contribution in [3.8, 4) is 0 Å². The van der Waals surface area contributed by atoms with Crippen molar-refractivity contribution in [3.05, 3.63) is 53.2 Å². The van der Waals surface area contributed by atoms with E-state index in [0.717, 1.165) is 24.1 Å². The first-order chi connectivity index (χ1) is 9.65. The Balaban J connectivity index is 2.34. The zero-order valence-electron chi connectivity index (χ0n) is 12.2. The van der Waals surface area contributed by atoms with E-state index >= 15 is 0 Å². The molecule has 1 heterocycles. The number of rotatable bonds is 5. The number of benzene rings is 1. The van der Waals surface area contributed by atoms with Crippen molar-refractivity contribution in [1.82, 2.24) is 4.98 Å². The van der Waals surface area contributed by atoms with E-state index in [1.165, 1.54) is 5.56 Å². The number of pyridine rings is 1. The van der Waals surface area contributed by atoms with E-state index in [4.69, 9.17) is 0 Å². The number of para-hydroxylation sites is 1. The molecule has 2 rings (SSSR count). The number of nitrogens with one attached hydrogen (secondary N) is 1.